The summed E-state index contributed by atoms with van der Waals surface area (Å²) in [5.41, 5.74) is 0.434. The van der Waals surface area contributed by atoms with Crippen LogP contribution in [-0.4, -0.2) is 38.0 Å². The number of amides is 1. The summed E-state index contributed by atoms with van der Waals surface area (Å²) in [7, 11) is -3.85. The number of hydrogen-bond acceptors (Lipinski definition) is 4. The highest BCUT2D eigenvalue weighted by Gasteiger charge is 2.37. The van der Waals surface area contributed by atoms with Gasteiger partial charge in [0.2, 0.25) is 5.91 Å². The van der Waals surface area contributed by atoms with Crippen LogP contribution in [0.1, 0.15) is 20.3 Å². The van der Waals surface area contributed by atoms with Gasteiger partial charge in [0.25, 0.3) is 10.0 Å². The fraction of sp³-hybridized carbons (Fsp3) is 0.333. The second-order valence-electron chi connectivity index (χ2n) is 6.41. The molecule has 1 heterocycles. The number of carboxylic acid groups (broad SMARTS) is 1. The fourth-order valence-electron chi connectivity index (χ4n) is 3.16. The maximum absolute atomic E-state index is 12.8. The van der Waals surface area contributed by atoms with Crippen molar-refractivity contribution in [1.29, 1.82) is 0 Å². The van der Waals surface area contributed by atoms with Gasteiger partial charge in [-0.2, -0.15) is 0 Å². The second-order valence-corrected chi connectivity index (χ2v) is 8.24. The van der Waals surface area contributed by atoms with Crippen molar-refractivity contribution < 1.29 is 23.1 Å². The summed E-state index contributed by atoms with van der Waals surface area (Å²) in [5.74, 6) is -2.05. The summed E-state index contributed by atoms with van der Waals surface area (Å²) in [6.07, 6.45) is 0.573. The van der Waals surface area contributed by atoms with Gasteiger partial charge in [-0.05, 0) is 23.4 Å². The molecule has 0 saturated heterocycles. The van der Waals surface area contributed by atoms with E-state index in [1.165, 1.54) is 6.07 Å². The number of hydrogen-bond donors (Lipinski definition) is 2. The third-order valence-electron chi connectivity index (χ3n) is 4.76. The minimum absolute atomic E-state index is 0.162. The standard InChI is InChI=1S/C18H20N2O5S/c1-3-11(2)17(18(22)23)19-15(21)10-20-13-8-4-6-12-7-5-9-14(16(12)13)26(20,24)25/h4-9,11,17H,3,10H2,1-2H3,(H,19,21)(H,22,23)/t11-,17-/m0/s1. The molecule has 1 amide bonds. The molecule has 0 aliphatic carbocycles. The lowest BCUT2D eigenvalue weighted by molar-refractivity contribution is -0.143. The maximum Gasteiger partial charge on any atom is 0.326 e. The predicted octanol–water partition coefficient (Wildman–Crippen LogP) is 1.96. The molecule has 0 fully saturated rings. The number of carbonyl (C=O) groups is 2. The zero-order valence-corrected chi connectivity index (χ0v) is 15.3. The van der Waals surface area contributed by atoms with E-state index in [1.54, 1.807) is 25.1 Å². The molecule has 138 valence electrons. The van der Waals surface area contributed by atoms with Gasteiger partial charge in [0.15, 0.2) is 0 Å². The molecule has 2 atom stereocenters. The Morgan fingerprint density at radius 3 is 2.46 bits per heavy atom. The Morgan fingerprint density at radius 1 is 1.19 bits per heavy atom. The molecule has 0 bridgehead atoms. The Bertz CT molecular complexity index is 981. The number of nitrogens with one attached hydrogen (secondary N) is 1. The molecule has 1 aliphatic rings. The summed E-state index contributed by atoms with van der Waals surface area (Å²) in [6.45, 7) is 3.09. The third-order valence-corrected chi connectivity index (χ3v) is 6.57. The minimum atomic E-state index is -3.85. The molecule has 7 nitrogen and oxygen atoms in total. The SMILES string of the molecule is CC[C@H](C)[C@H](NC(=O)CN1c2cccc3cccc(c23)S1(=O)=O)C(=O)O. The van der Waals surface area contributed by atoms with Gasteiger partial charge in [-0.25, -0.2) is 13.2 Å². The number of aliphatic carboxylic acids is 1. The van der Waals surface area contributed by atoms with Crippen molar-refractivity contribution in [3.63, 3.8) is 0 Å². The molecule has 2 aromatic carbocycles. The van der Waals surface area contributed by atoms with Gasteiger partial charge < -0.3 is 10.4 Å². The van der Waals surface area contributed by atoms with Crippen LogP contribution in [0, 0.1) is 5.92 Å². The van der Waals surface area contributed by atoms with Crippen LogP contribution in [-0.2, 0) is 19.6 Å². The van der Waals surface area contributed by atoms with Crippen LogP contribution in [0.4, 0.5) is 5.69 Å². The Labute approximate surface area is 151 Å². The number of rotatable bonds is 6. The van der Waals surface area contributed by atoms with Crippen molar-refractivity contribution in [3.05, 3.63) is 36.4 Å². The molecule has 0 radical (unpaired) electrons. The monoisotopic (exact) mass is 376 g/mol. The molecule has 2 aromatic rings. The average Bonchev–Trinajstić information content (AvgIpc) is 2.82. The number of carboxylic acids is 1. The molecule has 8 heteroatoms. The van der Waals surface area contributed by atoms with E-state index in [4.69, 9.17) is 0 Å². The molecule has 0 aromatic heterocycles. The van der Waals surface area contributed by atoms with E-state index in [0.717, 1.165) is 9.69 Å². The highest BCUT2D eigenvalue weighted by atomic mass is 32.2. The van der Waals surface area contributed by atoms with Gasteiger partial charge >= 0.3 is 5.97 Å². The normalized spacial score (nSPS) is 17.1. The zero-order valence-electron chi connectivity index (χ0n) is 14.5. The zero-order chi connectivity index (χ0) is 19.1. The first-order valence-electron chi connectivity index (χ1n) is 8.34. The smallest absolute Gasteiger partial charge is 0.326 e. The van der Waals surface area contributed by atoms with Crippen molar-refractivity contribution >= 4 is 38.4 Å². The van der Waals surface area contributed by atoms with Crippen LogP contribution in [0.15, 0.2) is 41.3 Å². The number of anilines is 1. The van der Waals surface area contributed by atoms with Gasteiger partial charge in [-0.15, -0.1) is 0 Å². The van der Waals surface area contributed by atoms with E-state index in [2.05, 4.69) is 5.32 Å². The van der Waals surface area contributed by atoms with E-state index in [-0.39, 0.29) is 10.8 Å². The van der Waals surface area contributed by atoms with Gasteiger partial charge in [0.05, 0.1) is 10.6 Å². The van der Waals surface area contributed by atoms with Crippen LogP contribution in [0.3, 0.4) is 0 Å². The Morgan fingerprint density at radius 2 is 1.85 bits per heavy atom. The van der Waals surface area contributed by atoms with E-state index < -0.39 is 34.5 Å². The van der Waals surface area contributed by atoms with Crippen LogP contribution < -0.4 is 9.62 Å². The molecular formula is C18H20N2O5S. The van der Waals surface area contributed by atoms with E-state index >= 15 is 0 Å². The largest absolute Gasteiger partial charge is 0.480 e. The third kappa shape index (κ3) is 2.90. The van der Waals surface area contributed by atoms with E-state index in [1.807, 2.05) is 19.1 Å². The number of sulfonamides is 1. The van der Waals surface area contributed by atoms with Crippen LogP contribution in [0.25, 0.3) is 10.8 Å². The van der Waals surface area contributed by atoms with E-state index in [0.29, 0.717) is 17.5 Å². The first kappa shape index (κ1) is 18.2. The molecule has 0 saturated carbocycles. The number of nitrogens with zero attached hydrogens (tertiary/aromatic N) is 1. The molecule has 1 aliphatic heterocycles. The quantitative estimate of drug-likeness (QED) is 0.802. The Hall–Kier alpha value is -2.61. The minimum Gasteiger partial charge on any atom is -0.480 e. The highest BCUT2D eigenvalue weighted by molar-refractivity contribution is 7.93. The Kier molecular flexibility index (Phi) is 4.62. The summed E-state index contributed by atoms with van der Waals surface area (Å²) >= 11 is 0. The summed E-state index contributed by atoms with van der Waals surface area (Å²) < 4.78 is 26.7. The van der Waals surface area contributed by atoms with Crippen LogP contribution in [0.5, 0.6) is 0 Å². The molecular weight excluding hydrogens is 356 g/mol. The summed E-state index contributed by atoms with van der Waals surface area (Å²) in [4.78, 5) is 24.0. The molecule has 3 rings (SSSR count). The fourth-order valence-corrected chi connectivity index (χ4v) is 4.83. The highest BCUT2D eigenvalue weighted by Crippen LogP contribution is 2.41. The maximum atomic E-state index is 12.8. The first-order valence-corrected chi connectivity index (χ1v) is 9.78. The average molecular weight is 376 g/mol. The molecule has 0 unspecified atom stereocenters. The van der Waals surface area contributed by atoms with Gasteiger partial charge in [-0.3, -0.25) is 9.10 Å². The summed E-state index contributed by atoms with van der Waals surface area (Å²) in [5, 5.41) is 13.1. The first-order chi connectivity index (χ1) is 12.3. The van der Waals surface area contributed by atoms with Crippen molar-refractivity contribution in [2.45, 2.75) is 31.2 Å². The van der Waals surface area contributed by atoms with Crippen LogP contribution in [0.2, 0.25) is 0 Å². The van der Waals surface area contributed by atoms with Crippen molar-refractivity contribution in [2.24, 2.45) is 5.92 Å². The van der Waals surface area contributed by atoms with Gasteiger partial charge in [0.1, 0.15) is 12.6 Å². The van der Waals surface area contributed by atoms with Crippen molar-refractivity contribution in [2.75, 3.05) is 10.8 Å². The predicted molar refractivity (Wildman–Crippen MR) is 97.5 cm³/mol. The molecule has 26 heavy (non-hydrogen) atoms. The lowest BCUT2D eigenvalue weighted by atomic mass is 9.99. The molecule has 0 spiro atoms. The lowest BCUT2D eigenvalue weighted by Gasteiger charge is -2.23. The van der Waals surface area contributed by atoms with E-state index in [9.17, 15) is 23.1 Å². The number of carbonyl (C=O) groups excluding carboxylic acids is 1. The molecule has 2 N–H and O–H groups in total. The van der Waals surface area contributed by atoms with Crippen molar-refractivity contribution in [3.8, 4) is 0 Å². The Balaban J connectivity index is 1.90. The second kappa shape index (κ2) is 6.60. The van der Waals surface area contributed by atoms with Gasteiger partial charge in [0, 0.05) is 5.39 Å². The topological polar surface area (TPSA) is 104 Å². The van der Waals surface area contributed by atoms with Gasteiger partial charge in [-0.1, -0.05) is 44.5 Å². The van der Waals surface area contributed by atoms with Crippen LogP contribution >= 0.6 is 0 Å². The van der Waals surface area contributed by atoms with Crippen molar-refractivity contribution in [1.82, 2.24) is 5.32 Å². The summed E-state index contributed by atoms with van der Waals surface area (Å²) in [6, 6.07) is 9.11. The lowest BCUT2D eigenvalue weighted by Crippen LogP contribution is -2.49. The number of benzene rings is 2.